The molecule has 3 unspecified atom stereocenters. The number of phenols is 1. The van der Waals surface area contributed by atoms with Crippen molar-refractivity contribution in [3.05, 3.63) is 70.2 Å². The van der Waals surface area contributed by atoms with Crippen molar-refractivity contribution in [3.8, 4) is 5.75 Å². The van der Waals surface area contributed by atoms with Gasteiger partial charge in [0.25, 0.3) is 0 Å². The molecule has 2 aromatic rings. The van der Waals surface area contributed by atoms with E-state index in [0.29, 0.717) is 47.8 Å². The van der Waals surface area contributed by atoms with E-state index >= 15 is 8.78 Å². The summed E-state index contributed by atoms with van der Waals surface area (Å²) in [6.45, 7) is 3.18. The van der Waals surface area contributed by atoms with E-state index in [1.807, 2.05) is 14.1 Å². The van der Waals surface area contributed by atoms with Crippen LogP contribution in [0.3, 0.4) is 0 Å². The minimum atomic E-state index is -0.998. The normalized spacial score (nSPS) is 27.0. The number of aromatic hydroxyl groups is 1. The monoisotopic (exact) mass is 621 g/mol. The molecule has 9 heteroatoms. The molecule has 3 atom stereocenters. The van der Waals surface area contributed by atoms with Gasteiger partial charge >= 0.3 is 0 Å². The summed E-state index contributed by atoms with van der Waals surface area (Å²) in [6.07, 6.45) is 7.85. The Kier molecular flexibility index (Phi) is 7.65. The fourth-order valence-electron chi connectivity index (χ4n) is 8.50. The van der Waals surface area contributed by atoms with Crippen LogP contribution in [0.4, 0.5) is 13.2 Å². The summed E-state index contributed by atoms with van der Waals surface area (Å²) in [5.74, 6) is -1.82. The Bertz CT molecular complexity index is 1650. The van der Waals surface area contributed by atoms with Crippen molar-refractivity contribution in [3.63, 3.8) is 0 Å². The number of carbonyl (C=O) groups is 1. The number of aryl methyl sites for hydroxylation is 1. The van der Waals surface area contributed by atoms with Crippen LogP contribution in [0.25, 0.3) is 16.3 Å². The second kappa shape index (κ2) is 11.3. The molecule has 3 fully saturated rings. The van der Waals surface area contributed by atoms with Gasteiger partial charge in [0.2, 0.25) is 0 Å². The van der Waals surface area contributed by atoms with Crippen LogP contribution < -0.4 is 10.6 Å². The molecule has 240 valence electrons. The molecule has 1 spiro atoms. The first-order chi connectivity index (χ1) is 21.5. The van der Waals surface area contributed by atoms with Crippen molar-refractivity contribution >= 4 is 22.1 Å². The Labute approximate surface area is 262 Å². The number of phenolic OH excluding ortho intramolecular Hbond substituents is 1. The first-order valence-electron chi connectivity index (χ1n) is 16.3. The van der Waals surface area contributed by atoms with Crippen LogP contribution in [0, 0.1) is 22.6 Å². The van der Waals surface area contributed by atoms with E-state index in [4.69, 9.17) is 4.74 Å². The molecule has 1 aliphatic heterocycles. The lowest BCUT2D eigenvalue weighted by atomic mass is 9.57. The number of halogens is 3. The molecular formula is C36H42F3N3O3. The second-order valence-corrected chi connectivity index (χ2v) is 14.4. The van der Waals surface area contributed by atoms with Gasteiger partial charge in [-0.3, -0.25) is 10.1 Å². The van der Waals surface area contributed by atoms with E-state index < -0.39 is 29.9 Å². The molecule has 2 aromatic carbocycles. The maximum atomic E-state index is 17.0. The molecule has 3 N–H and O–H groups in total. The molecule has 3 saturated carbocycles. The molecule has 1 heterocycles. The summed E-state index contributed by atoms with van der Waals surface area (Å²) in [4.78, 5) is 14.2. The number of nitrogens with one attached hydrogen (secondary N) is 2. The molecule has 7 rings (SSSR count). The lowest BCUT2D eigenvalue weighted by molar-refractivity contribution is -0.135. The highest BCUT2D eigenvalue weighted by Gasteiger charge is 2.49. The number of Topliss-reactive ketones (excluding diaryl/α,β-unsaturated/α-hetero) is 1. The summed E-state index contributed by atoms with van der Waals surface area (Å²) in [7, 11) is 4.08. The van der Waals surface area contributed by atoms with Crippen molar-refractivity contribution in [1.29, 1.82) is 0 Å². The Morgan fingerprint density at radius 1 is 1.11 bits per heavy atom. The average molecular weight is 622 g/mol. The quantitative estimate of drug-likeness (QED) is 0.302. The number of allylic oxidation sites excluding steroid dienone is 3. The van der Waals surface area contributed by atoms with Gasteiger partial charge in [0.15, 0.2) is 6.35 Å². The summed E-state index contributed by atoms with van der Waals surface area (Å²) < 4.78 is 54.7. The molecule has 45 heavy (non-hydrogen) atoms. The number of hydrogen-bond donors (Lipinski definition) is 3. The van der Waals surface area contributed by atoms with Gasteiger partial charge in [-0.2, -0.15) is 0 Å². The van der Waals surface area contributed by atoms with E-state index in [9.17, 15) is 14.3 Å². The minimum absolute atomic E-state index is 0.00926. The summed E-state index contributed by atoms with van der Waals surface area (Å²) in [6, 6.07) is 4.66. The van der Waals surface area contributed by atoms with Crippen LogP contribution in [0.5, 0.6) is 5.75 Å². The number of fused-ring (bicyclic) bond motifs is 2. The molecule has 0 aromatic heterocycles. The van der Waals surface area contributed by atoms with E-state index in [1.54, 1.807) is 6.92 Å². The van der Waals surface area contributed by atoms with E-state index in [2.05, 4.69) is 15.5 Å². The molecule has 0 radical (unpaired) electrons. The Hall–Kier alpha value is -3.14. The first kappa shape index (κ1) is 30.5. The van der Waals surface area contributed by atoms with Gasteiger partial charge in [0.05, 0.1) is 18.2 Å². The Balaban J connectivity index is 1.30. The zero-order chi connectivity index (χ0) is 31.7. The van der Waals surface area contributed by atoms with Crippen LogP contribution in [-0.2, 0) is 16.0 Å². The van der Waals surface area contributed by atoms with Gasteiger partial charge in [0, 0.05) is 30.5 Å². The molecule has 5 aliphatic rings. The zero-order valence-electron chi connectivity index (χ0n) is 26.2. The number of ketones is 1. The SMILES string of the molecule is CCc1c(F)ccc2cc(O)cc(C3=C(F)C4NC(OCC5(CN(C)C)CC5)NC(C5CCCC6(CC(=O)C6)C5)=C4C=C3F)c12. The van der Waals surface area contributed by atoms with Crippen LogP contribution >= 0.6 is 0 Å². The number of rotatable bonds is 8. The third kappa shape index (κ3) is 5.51. The standard InChI is InChI=1S/C36H42F3N3O3/c1-4-24-27(37)8-7-20-12-22(43)13-25(29(20)24)30-28(38)14-26-32(21-6-5-9-36(15-21)16-23(44)17-36)40-34(41-33(26)31(30)39)45-19-35(10-11-35)18-42(2)3/h7-8,12-14,21,33-34,40-41,43H,4-6,9-11,15-19H2,1-3H3. The van der Waals surface area contributed by atoms with E-state index in [1.165, 1.54) is 30.3 Å². The van der Waals surface area contributed by atoms with Crippen LogP contribution in [0.1, 0.15) is 69.4 Å². The fourth-order valence-corrected chi connectivity index (χ4v) is 8.50. The van der Waals surface area contributed by atoms with Crippen LogP contribution in [0.15, 0.2) is 53.3 Å². The summed E-state index contributed by atoms with van der Waals surface area (Å²) in [5, 5.41) is 18.2. The third-order valence-corrected chi connectivity index (χ3v) is 10.7. The van der Waals surface area contributed by atoms with Gasteiger partial charge in [-0.15, -0.1) is 0 Å². The summed E-state index contributed by atoms with van der Waals surface area (Å²) in [5.41, 5.74) is 1.46. The highest BCUT2D eigenvalue weighted by molar-refractivity contribution is 6.01. The molecular weight excluding hydrogens is 579 g/mol. The number of ether oxygens (including phenoxy) is 1. The number of benzene rings is 2. The zero-order valence-corrected chi connectivity index (χ0v) is 26.2. The highest BCUT2D eigenvalue weighted by atomic mass is 19.1. The van der Waals surface area contributed by atoms with Crippen molar-refractivity contribution in [2.24, 2.45) is 16.7 Å². The Morgan fingerprint density at radius 2 is 1.89 bits per heavy atom. The topological polar surface area (TPSA) is 73.8 Å². The molecule has 0 bridgehead atoms. The number of carbonyl (C=O) groups excluding carboxylic acids is 1. The van der Waals surface area contributed by atoms with Gasteiger partial charge in [-0.1, -0.05) is 19.4 Å². The molecule has 0 saturated heterocycles. The fraction of sp³-hybridized carbons (Fsp3) is 0.528. The Morgan fingerprint density at radius 3 is 2.58 bits per heavy atom. The van der Waals surface area contributed by atoms with Crippen molar-refractivity contribution in [2.75, 3.05) is 27.2 Å². The van der Waals surface area contributed by atoms with Gasteiger partial charge in [-0.25, -0.2) is 13.2 Å². The largest absolute Gasteiger partial charge is 0.508 e. The van der Waals surface area contributed by atoms with E-state index in [0.717, 1.165) is 50.8 Å². The maximum Gasteiger partial charge on any atom is 0.184 e. The predicted molar refractivity (Wildman–Crippen MR) is 168 cm³/mol. The van der Waals surface area contributed by atoms with Crippen molar-refractivity contribution < 1.29 is 27.8 Å². The third-order valence-electron chi connectivity index (χ3n) is 10.7. The van der Waals surface area contributed by atoms with Crippen LogP contribution in [-0.4, -0.2) is 55.4 Å². The highest BCUT2D eigenvalue weighted by Crippen LogP contribution is 2.54. The first-order valence-corrected chi connectivity index (χ1v) is 16.3. The van der Waals surface area contributed by atoms with Gasteiger partial charge < -0.3 is 20.1 Å². The molecule has 0 amide bonds. The minimum Gasteiger partial charge on any atom is -0.508 e. The average Bonchev–Trinajstić information content (AvgIpc) is 3.74. The smallest absolute Gasteiger partial charge is 0.184 e. The predicted octanol–water partition coefficient (Wildman–Crippen LogP) is 6.79. The lowest BCUT2D eigenvalue weighted by Gasteiger charge is -2.48. The van der Waals surface area contributed by atoms with E-state index in [-0.39, 0.29) is 39.4 Å². The number of hydrogen-bond acceptors (Lipinski definition) is 6. The molecule has 6 nitrogen and oxygen atoms in total. The summed E-state index contributed by atoms with van der Waals surface area (Å²) >= 11 is 0. The molecule has 4 aliphatic carbocycles. The van der Waals surface area contributed by atoms with Crippen molar-refractivity contribution in [1.82, 2.24) is 15.5 Å². The second-order valence-electron chi connectivity index (χ2n) is 14.4. The van der Waals surface area contributed by atoms with Gasteiger partial charge in [-0.05, 0) is 116 Å². The number of nitrogens with zero attached hydrogens (tertiary/aromatic N) is 1. The van der Waals surface area contributed by atoms with Crippen LogP contribution in [0.2, 0.25) is 0 Å². The van der Waals surface area contributed by atoms with Gasteiger partial charge in [0.1, 0.15) is 29.0 Å². The van der Waals surface area contributed by atoms with Crippen molar-refractivity contribution in [2.45, 2.75) is 77.1 Å². The maximum absolute atomic E-state index is 17.0. The lowest BCUT2D eigenvalue weighted by Crippen LogP contribution is -2.57.